The fourth-order valence-electron chi connectivity index (χ4n) is 4.19. The number of nitrogens with one attached hydrogen (secondary N) is 1. The number of rotatable bonds is 4. The van der Waals surface area contributed by atoms with Crippen molar-refractivity contribution in [2.24, 2.45) is 0 Å². The van der Waals surface area contributed by atoms with Gasteiger partial charge >= 0.3 is 0 Å². The highest BCUT2D eigenvalue weighted by atomic mass is 19.1. The summed E-state index contributed by atoms with van der Waals surface area (Å²) in [6, 6.07) is 7.82. The van der Waals surface area contributed by atoms with Crippen LogP contribution in [0.2, 0.25) is 0 Å². The summed E-state index contributed by atoms with van der Waals surface area (Å²) in [5.74, 6) is -0.194. The molecule has 2 bridgehead atoms. The van der Waals surface area contributed by atoms with Crippen LogP contribution in [0.1, 0.15) is 51.5 Å². The molecule has 3 atom stereocenters. The highest BCUT2D eigenvalue weighted by Gasteiger charge is 2.41. The van der Waals surface area contributed by atoms with Crippen LogP contribution in [0.4, 0.5) is 4.39 Å². The lowest BCUT2D eigenvalue weighted by Crippen LogP contribution is -2.52. The third kappa shape index (κ3) is 3.01. The van der Waals surface area contributed by atoms with E-state index >= 15 is 0 Å². The lowest BCUT2D eigenvalue weighted by atomic mass is 9.78. The van der Waals surface area contributed by atoms with Crippen molar-refractivity contribution in [3.8, 4) is 0 Å². The van der Waals surface area contributed by atoms with Gasteiger partial charge < -0.3 is 10.2 Å². The summed E-state index contributed by atoms with van der Waals surface area (Å²) in [5, 5.41) is 3.29. The van der Waals surface area contributed by atoms with Crippen LogP contribution in [-0.4, -0.2) is 36.0 Å². The zero-order valence-electron chi connectivity index (χ0n) is 14.3. The number of hydrogen-bond donors (Lipinski definition) is 1. The monoisotopic (exact) mass is 318 g/mol. The first-order valence-electron chi connectivity index (χ1n) is 8.73. The molecule has 1 amide bonds. The number of carbonyl (C=O) groups is 1. The Morgan fingerprint density at radius 2 is 1.83 bits per heavy atom. The zero-order valence-corrected chi connectivity index (χ0v) is 14.3. The molecule has 0 aliphatic carbocycles. The van der Waals surface area contributed by atoms with Crippen LogP contribution in [0.25, 0.3) is 0 Å². The number of hydrogen-bond acceptors (Lipinski definition) is 2. The van der Waals surface area contributed by atoms with Gasteiger partial charge in [-0.05, 0) is 63.8 Å². The number of piperidine rings is 1. The van der Waals surface area contributed by atoms with Crippen LogP contribution >= 0.6 is 0 Å². The van der Waals surface area contributed by atoms with Crippen molar-refractivity contribution in [2.75, 3.05) is 7.05 Å². The molecule has 2 fully saturated rings. The first-order chi connectivity index (χ1) is 10.9. The SMILES string of the molecule is CC[C@@](C)(C(=O)NC1CC2CCC(C1)N2C)c1ccc(F)cc1. The van der Waals surface area contributed by atoms with E-state index in [1.54, 1.807) is 12.1 Å². The maximum absolute atomic E-state index is 13.2. The van der Waals surface area contributed by atoms with Gasteiger partial charge in [0.25, 0.3) is 0 Å². The molecule has 1 N–H and O–H groups in total. The van der Waals surface area contributed by atoms with Gasteiger partial charge in [0.15, 0.2) is 0 Å². The first-order valence-corrected chi connectivity index (χ1v) is 8.73. The summed E-state index contributed by atoms with van der Waals surface area (Å²) in [4.78, 5) is 15.4. The average Bonchev–Trinajstić information content (AvgIpc) is 2.76. The van der Waals surface area contributed by atoms with Crippen molar-refractivity contribution >= 4 is 5.91 Å². The molecule has 2 aliphatic heterocycles. The largest absolute Gasteiger partial charge is 0.352 e. The van der Waals surface area contributed by atoms with Crippen LogP contribution in [0, 0.1) is 5.82 Å². The molecule has 126 valence electrons. The minimum absolute atomic E-state index is 0.0700. The number of amides is 1. The van der Waals surface area contributed by atoms with E-state index in [-0.39, 0.29) is 17.8 Å². The van der Waals surface area contributed by atoms with E-state index in [2.05, 4.69) is 17.3 Å². The van der Waals surface area contributed by atoms with Crippen LogP contribution in [-0.2, 0) is 10.2 Å². The Balaban J connectivity index is 1.72. The van der Waals surface area contributed by atoms with Gasteiger partial charge in [-0.15, -0.1) is 0 Å². The number of fused-ring (bicyclic) bond motifs is 2. The zero-order chi connectivity index (χ0) is 16.6. The van der Waals surface area contributed by atoms with E-state index in [1.807, 2.05) is 13.8 Å². The highest BCUT2D eigenvalue weighted by molar-refractivity contribution is 5.88. The van der Waals surface area contributed by atoms with E-state index in [0.717, 1.165) is 18.4 Å². The summed E-state index contributed by atoms with van der Waals surface area (Å²) in [6.45, 7) is 3.97. The molecule has 1 aromatic carbocycles. The topological polar surface area (TPSA) is 32.3 Å². The summed E-state index contributed by atoms with van der Waals surface area (Å²) in [7, 11) is 2.20. The molecule has 23 heavy (non-hydrogen) atoms. The fraction of sp³-hybridized carbons (Fsp3) is 0.632. The van der Waals surface area contributed by atoms with Crippen LogP contribution in [0.5, 0.6) is 0 Å². The van der Waals surface area contributed by atoms with Crippen LogP contribution in [0.3, 0.4) is 0 Å². The predicted molar refractivity (Wildman–Crippen MR) is 89.8 cm³/mol. The fourth-order valence-corrected chi connectivity index (χ4v) is 4.19. The third-order valence-corrected chi connectivity index (χ3v) is 6.12. The third-order valence-electron chi connectivity index (χ3n) is 6.12. The maximum Gasteiger partial charge on any atom is 0.230 e. The Hall–Kier alpha value is -1.42. The number of benzene rings is 1. The second kappa shape index (κ2) is 6.23. The van der Waals surface area contributed by atoms with Gasteiger partial charge in [0.2, 0.25) is 5.91 Å². The van der Waals surface area contributed by atoms with Gasteiger partial charge in [-0.3, -0.25) is 4.79 Å². The maximum atomic E-state index is 13.2. The van der Waals surface area contributed by atoms with E-state index in [1.165, 1.54) is 25.0 Å². The van der Waals surface area contributed by atoms with Crippen LogP contribution in [0.15, 0.2) is 24.3 Å². The molecule has 3 nitrogen and oxygen atoms in total. The quantitative estimate of drug-likeness (QED) is 0.924. The predicted octanol–water partition coefficient (Wildman–Crippen LogP) is 3.23. The Labute approximate surface area is 138 Å². The summed E-state index contributed by atoms with van der Waals surface area (Å²) >= 11 is 0. The van der Waals surface area contributed by atoms with Crippen molar-refractivity contribution in [2.45, 2.75) is 69.5 Å². The van der Waals surface area contributed by atoms with E-state index < -0.39 is 5.41 Å². The molecule has 0 spiro atoms. The number of carbonyl (C=O) groups excluding carboxylic acids is 1. The number of halogens is 1. The number of nitrogens with zero attached hydrogens (tertiary/aromatic N) is 1. The van der Waals surface area contributed by atoms with Gasteiger partial charge in [-0.2, -0.15) is 0 Å². The minimum atomic E-state index is -0.601. The van der Waals surface area contributed by atoms with Crippen LogP contribution < -0.4 is 5.32 Å². The molecule has 3 rings (SSSR count). The molecule has 4 heteroatoms. The van der Waals surface area contributed by atoms with Crippen molar-refractivity contribution in [3.05, 3.63) is 35.6 Å². The average molecular weight is 318 g/mol. The Morgan fingerprint density at radius 1 is 1.26 bits per heavy atom. The van der Waals surface area contributed by atoms with E-state index in [0.29, 0.717) is 18.5 Å². The Bertz CT molecular complexity index is 559. The van der Waals surface area contributed by atoms with Gasteiger partial charge in [0, 0.05) is 18.1 Å². The van der Waals surface area contributed by atoms with E-state index in [4.69, 9.17) is 0 Å². The van der Waals surface area contributed by atoms with Crippen molar-refractivity contribution in [3.63, 3.8) is 0 Å². The summed E-state index contributed by atoms with van der Waals surface area (Å²) in [5.41, 5.74) is 0.283. The molecular weight excluding hydrogens is 291 g/mol. The minimum Gasteiger partial charge on any atom is -0.352 e. The summed E-state index contributed by atoms with van der Waals surface area (Å²) < 4.78 is 13.2. The van der Waals surface area contributed by atoms with E-state index in [9.17, 15) is 9.18 Å². The smallest absolute Gasteiger partial charge is 0.230 e. The summed E-state index contributed by atoms with van der Waals surface area (Å²) in [6.07, 6.45) is 5.28. The molecule has 0 aromatic heterocycles. The molecule has 0 radical (unpaired) electrons. The second-order valence-corrected chi connectivity index (χ2v) is 7.38. The van der Waals surface area contributed by atoms with Gasteiger partial charge in [-0.25, -0.2) is 4.39 Å². The van der Waals surface area contributed by atoms with Gasteiger partial charge in [0.05, 0.1) is 5.41 Å². The lowest BCUT2D eigenvalue weighted by Gasteiger charge is -2.38. The Kier molecular flexibility index (Phi) is 4.45. The first kappa shape index (κ1) is 16.4. The van der Waals surface area contributed by atoms with Crippen molar-refractivity contribution in [1.29, 1.82) is 0 Å². The molecular formula is C19H27FN2O. The molecule has 0 saturated carbocycles. The van der Waals surface area contributed by atoms with Crippen molar-refractivity contribution < 1.29 is 9.18 Å². The molecule has 2 saturated heterocycles. The Morgan fingerprint density at radius 3 is 2.35 bits per heavy atom. The van der Waals surface area contributed by atoms with Gasteiger partial charge in [-0.1, -0.05) is 19.1 Å². The standard InChI is InChI=1S/C19H27FN2O/c1-4-19(2,13-5-7-14(20)8-6-13)18(23)21-15-11-16-9-10-17(12-15)22(16)3/h5-8,15-17H,4,9-12H2,1-3H3,(H,21,23)/t15?,16?,17?,19-/m1/s1. The molecule has 2 heterocycles. The lowest BCUT2D eigenvalue weighted by molar-refractivity contribution is -0.127. The molecule has 2 aliphatic rings. The molecule has 2 unspecified atom stereocenters. The second-order valence-electron chi connectivity index (χ2n) is 7.38. The van der Waals surface area contributed by atoms with Gasteiger partial charge in [0.1, 0.15) is 5.82 Å². The van der Waals surface area contributed by atoms with Crippen molar-refractivity contribution in [1.82, 2.24) is 10.2 Å². The highest BCUT2D eigenvalue weighted by Crippen LogP contribution is 2.35. The molecule has 1 aromatic rings. The normalized spacial score (nSPS) is 30.0.